The SMILES string of the molecule is N#CC=C1CCC(O)(C2CC2)c2ccccc21. The van der Waals surface area contributed by atoms with Crippen molar-refractivity contribution >= 4 is 5.57 Å². The Labute approximate surface area is 101 Å². The number of nitrogens with zero attached hydrogens (tertiary/aromatic N) is 1. The molecule has 17 heavy (non-hydrogen) atoms. The lowest BCUT2D eigenvalue weighted by Crippen LogP contribution is -2.32. The maximum absolute atomic E-state index is 10.8. The van der Waals surface area contributed by atoms with Gasteiger partial charge in [-0.15, -0.1) is 0 Å². The van der Waals surface area contributed by atoms with Crippen LogP contribution in [0.1, 0.15) is 36.8 Å². The van der Waals surface area contributed by atoms with Crippen LogP contribution in [-0.4, -0.2) is 5.11 Å². The van der Waals surface area contributed by atoms with Crippen molar-refractivity contribution in [1.82, 2.24) is 0 Å². The minimum Gasteiger partial charge on any atom is -0.385 e. The molecule has 1 unspecified atom stereocenters. The van der Waals surface area contributed by atoms with E-state index in [4.69, 9.17) is 5.26 Å². The predicted octanol–water partition coefficient (Wildman–Crippen LogP) is 2.98. The highest BCUT2D eigenvalue weighted by Gasteiger charge is 2.47. The van der Waals surface area contributed by atoms with E-state index < -0.39 is 5.60 Å². The highest BCUT2D eigenvalue weighted by molar-refractivity contribution is 5.73. The zero-order valence-electron chi connectivity index (χ0n) is 9.69. The van der Waals surface area contributed by atoms with Crippen molar-refractivity contribution in [3.05, 3.63) is 41.5 Å². The Bertz CT molecular complexity index is 522. The Morgan fingerprint density at radius 3 is 2.82 bits per heavy atom. The third-order valence-corrected chi connectivity index (χ3v) is 4.01. The molecule has 0 amide bonds. The number of allylic oxidation sites excluding steroid dienone is 2. The fraction of sp³-hybridized carbons (Fsp3) is 0.400. The van der Waals surface area contributed by atoms with E-state index in [1.165, 1.54) is 0 Å². The number of rotatable bonds is 1. The van der Waals surface area contributed by atoms with Gasteiger partial charge in [0.1, 0.15) is 0 Å². The van der Waals surface area contributed by atoms with Crippen molar-refractivity contribution in [3.8, 4) is 6.07 Å². The van der Waals surface area contributed by atoms with Gasteiger partial charge >= 0.3 is 0 Å². The number of hydrogen-bond acceptors (Lipinski definition) is 2. The molecule has 1 aromatic rings. The molecule has 0 aromatic heterocycles. The quantitative estimate of drug-likeness (QED) is 0.747. The van der Waals surface area contributed by atoms with Crippen LogP contribution in [0.5, 0.6) is 0 Å². The summed E-state index contributed by atoms with van der Waals surface area (Å²) in [7, 11) is 0. The van der Waals surface area contributed by atoms with Crippen LogP contribution in [0.4, 0.5) is 0 Å². The second kappa shape index (κ2) is 3.72. The fourth-order valence-electron chi connectivity index (χ4n) is 2.95. The Morgan fingerprint density at radius 1 is 1.35 bits per heavy atom. The van der Waals surface area contributed by atoms with Crippen LogP contribution in [0.15, 0.2) is 30.3 Å². The second-order valence-electron chi connectivity index (χ2n) is 5.04. The first kappa shape index (κ1) is 10.6. The molecule has 2 aliphatic carbocycles. The molecule has 0 aliphatic heterocycles. The zero-order chi connectivity index (χ0) is 11.9. The van der Waals surface area contributed by atoms with Crippen LogP contribution in [0, 0.1) is 17.2 Å². The molecular weight excluding hydrogens is 210 g/mol. The van der Waals surface area contributed by atoms with Gasteiger partial charge in [-0.2, -0.15) is 5.26 Å². The van der Waals surface area contributed by atoms with Crippen molar-refractivity contribution in [2.24, 2.45) is 5.92 Å². The first-order valence-corrected chi connectivity index (χ1v) is 6.16. The maximum atomic E-state index is 10.8. The van der Waals surface area contributed by atoms with Crippen LogP contribution in [0.3, 0.4) is 0 Å². The largest absolute Gasteiger partial charge is 0.385 e. The minimum absolute atomic E-state index is 0.423. The standard InChI is InChI=1S/C15H15NO/c16-10-8-11-7-9-15(17,12-5-6-12)14-4-2-1-3-13(11)14/h1-4,8,12,17H,5-7,9H2. The number of nitriles is 1. The molecule has 2 nitrogen and oxygen atoms in total. The molecule has 0 bridgehead atoms. The van der Waals surface area contributed by atoms with Crippen molar-refractivity contribution < 1.29 is 5.11 Å². The molecule has 0 saturated heterocycles. The molecule has 86 valence electrons. The first-order chi connectivity index (χ1) is 8.25. The van der Waals surface area contributed by atoms with Crippen molar-refractivity contribution in [2.75, 3.05) is 0 Å². The Kier molecular flexibility index (Phi) is 2.31. The molecule has 1 N–H and O–H groups in total. The Hall–Kier alpha value is -1.59. The van der Waals surface area contributed by atoms with E-state index in [2.05, 4.69) is 6.07 Å². The van der Waals surface area contributed by atoms with Gasteiger partial charge in [0.05, 0.1) is 11.7 Å². The lowest BCUT2D eigenvalue weighted by molar-refractivity contribution is 0.00247. The van der Waals surface area contributed by atoms with Gasteiger partial charge in [-0.25, -0.2) is 0 Å². The number of aliphatic hydroxyl groups is 1. The molecule has 0 radical (unpaired) electrons. The van der Waals surface area contributed by atoms with E-state index in [0.29, 0.717) is 5.92 Å². The second-order valence-corrected chi connectivity index (χ2v) is 5.04. The summed E-state index contributed by atoms with van der Waals surface area (Å²) in [6.45, 7) is 0. The molecule has 3 rings (SSSR count). The smallest absolute Gasteiger partial charge is 0.0933 e. The molecule has 0 heterocycles. The van der Waals surface area contributed by atoms with E-state index >= 15 is 0 Å². The summed E-state index contributed by atoms with van der Waals surface area (Å²) in [5.41, 5.74) is 2.50. The third-order valence-electron chi connectivity index (χ3n) is 4.01. The predicted molar refractivity (Wildman–Crippen MR) is 65.9 cm³/mol. The molecule has 1 atom stereocenters. The molecule has 1 fully saturated rings. The summed E-state index contributed by atoms with van der Waals surface area (Å²) >= 11 is 0. The normalized spacial score (nSPS) is 29.8. The lowest BCUT2D eigenvalue weighted by atomic mass is 9.74. The summed E-state index contributed by atoms with van der Waals surface area (Å²) in [5.74, 6) is 0.423. The average Bonchev–Trinajstić information content (AvgIpc) is 3.18. The van der Waals surface area contributed by atoms with Gasteiger partial charge in [0.2, 0.25) is 0 Å². The van der Waals surface area contributed by atoms with Crippen LogP contribution in [-0.2, 0) is 5.60 Å². The van der Waals surface area contributed by atoms with Crippen molar-refractivity contribution in [3.63, 3.8) is 0 Å². The fourth-order valence-corrected chi connectivity index (χ4v) is 2.95. The lowest BCUT2D eigenvalue weighted by Gasteiger charge is -2.35. The van der Waals surface area contributed by atoms with Gasteiger partial charge in [0.15, 0.2) is 0 Å². The third kappa shape index (κ3) is 1.59. The topological polar surface area (TPSA) is 44.0 Å². The maximum Gasteiger partial charge on any atom is 0.0933 e. The van der Waals surface area contributed by atoms with Gasteiger partial charge < -0.3 is 5.11 Å². The van der Waals surface area contributed by atoms with E-state index in [-0.39, 0.29) is 0 Å². The van der Waals surface area contributed by atoms with Crippen LogP contribution < -0.4 is 0 Å². The Morgan fingerprint density at radius 2 is 2.12 bits per heavy atom. The molecule has 1 saturated carbocycles. The first-order valence-electron chi connectivity index (χ1n) is 6.16. The van der Waals surface area contributed by atoms with Gasteiger partial charge in [0, 0.05) is 6.08 Å². The number of hydrogen-bond donors (Lipinski definition) is 1. The van der Waals surface area contributed by atoms with E-state index in [9.17, 15) is 5.11 Å². The summed E-state index contributed by atoms with van der Waals surface area (Å²) in [6.07, 6.45) is 5.43. The van der Waals surface area contributed by atoms with Gasteiger partial charge in [0.25, 0.3) is 0 Å². The van der Waals surface area contributed by atoms with Crippen LogP contribution in [0.2, 0.25) is 0 Å². The van der Waals surface area contributed by atoms with E-state index in [0.717, 1.165) is 42.4 Å². The average molecular weight is 225 g/mol. The molecule has 2 aliphatic rings. The summed E-state index contributed by atoms with van der Waals surface area (Å²) in [6, 6.07) is 10.1. The number of fused-ring (bicyclic) bond motifs is 1. The highest BCUT2D eigenvalue weighted by Crippen LogP contribution is 2.53. The Balaban J connectivity index is 2.14. The van der Waals surface area contributed by atoms with Crippen molar-refractivity contribution in [1.29, 1.82) is 5.26 Å². The van der Waals surface area contributed by atoms with Gasteiger partial charge in [-0.3, -0.25) is 0 Å². The van der Waals surface area contributed by atoms with Crippen molar-refractivity contribution in [2.45, 2.75) is 31.3 Å². The van der Waals surface area contributed by atoms with Crippen LogP contribution >= 0.6 is 0 Å². The summed E-state index contributed by atoms with van der Waals surface area (Å²) in [5, 5.41) is 19.6. The molecule has 1 aromatic carbocycles. The van der Waals surface area contributed by atoms with E-state index in [1.54, 1.807) is 6.08 Å². The van der Waals surface area contributed by atoms with Gasteiger partial charge in [-0.05, 0) is 48.3 Å². The van der Waals surface area contributed by atoms with E-state index in [1.807, 2.05) is 24.3 Å². The minimum atomic E-state index is -0.649. The summed E-state index contributed by atoms with van der Waals surface area (Å²) < 4.78 is 0. The van der Waals surface area contributed by atoms with Gasteiger partial charge in [-0.1, -0.05) is 24.3 Å². The molecular formula is C15H15NO. The monoisotopic (exact) mass is 225 g/mol. The highest BCUT2D eigenvalue weighted by atomic mass is 16.3. The molecule has 0 spiro atoms. The number of benzene rings is 1. The van der Waals surface area contributed by atoms with Crippen LogP contribution in [0.25, 0.3) is 5.57 Å². The zero-order valence-corrected chi connectivity index (χ0v) is 9.69. The molecule has 2 heteroatoms. The summed E-state index contributed by atoms with van der Waals surface area (Å²) in [4.78, 5) is 0.